The lowest BCUT2D eigenvalue weighted by Gasteiger charge is -2.23. The van der Waals surface area contributed by atoms with Crippen LogP contribution in [0.4, 0.5) is 13.2 Å². The molecule has 0 bridgehead atoms. The first-order valence-corrected chi connectivity index (χ1v) is 11.1. The molecular weight excluding hydrogens is 508 g/mol. The number of fused-ring (bicyclic) bond motifs is 1. The van der Waals surface area contributed by atoms with E-state index in [1.165, 1.54) is 16.8 Å². The quantitative estimate of drug-likeness (QED) is 0.212. The van der Waals surface area contributed by atoms with Crippen molar-refractivity contribution in [3.63, 3.8) is 0 Å². The van der Waals surface area contributed by atoms with Gasteiger partial charge in [0, 0.05) is 27.4 Å². The van der Waals surface area contributed by atoms with Gasteiger partial charge in [0.25, 0.3) is 0 Å². The van der Waals surface area contributed by atoms with Gasteiger partial charge in [-0.05, 0) is 56.7 Å². The Labute approximate surface area is 208 Å². The standard InChI is InChI=1S/C24H21Cl2F3N2O4/c1-23(2,3)35-21(22(33)34)17(8-9-32)20-16-7-5-14(24(27,28)29)10-19(16)31(30-20)12-13-4-6-15(25)11-18(13)26/h4-7,9-11H,8,12H2,1-3H3,(H,33,34). The number of alkyl halides is 3. The molecule has 35 heavy (non-hydrogen) atoms. The number of benzene rings is 2. The molecule has 0 aliphatic rings. The molecule has 0 saturated heterocycles. The Kier molecular flexibility index (Phi) is 7.52. The van der Waals surface area contributed by atoms with Gasteiger partial charge in [-0.2, -0.15) is 18.3 Å². The highest BCUT2D eigenvalue weighted by Gasteiger charge is 2.32. The molecule has 0 unspecified atom stereocenters. The van der Waals surface area contributed by atoms with Gasteiger partial charge in [-0.3, -0.25) is 4.68 Å². The van der Waals surface area contributed by atoms with E-state index in [4.69, 9.17) is 27.9 Å². The number of carboxylic acid groups (broad SMARTS) is 1. The predicted octanol–water partition coefficient (Wildman–Crippen LogP) is 6.61. The van der Waals surface area contributed by atoms with Crippen LogP contribution in [0.3, 0.4) is 0 Å². The van der Waals surface area contributed by atoms with Gasteiger partial charge in [0.15, 0.2) is 0 Å². The number of carbonyl (C=O) groups is 2. The van der Waals surface area contributed by atoms with E-state index in [1.807, 2.05) is 0 Å². The van der Waals surface area contributed by atoms with Crippen LogP contribution in [0.15, 0.2) is 42.2 Å². The fraction of sp³-hybridized carbons (Fsp3) is 0.292. The van der Waals surface area contributed by atoms with Crippen LogP contribution in [0.5, 0.6) is 0 Å². The number of hydrogen-bond donors (Lipinski definition) is 1. The van der Waals surface area contributed by atoms with Crippen LogP contribution in [0.1, 0.15) is 44.0 Å². The second-order valence-corrected chi connectivity index (χ2v) is 9.51. The number of nitrogens with zero attached hydrogens (tertiary/aromatic N) is 2. The molecule has 186 valence electrons. The normalized spacial score (nSPS) is 13.0. The zero-order valence-electron chi connectivity index (χ0n) is 18.9. The van der Waals surface area contributed by atoms with Crippen molar-refractivity contribution < 1.29 is 32.6 Å². The number of rotatable bonds is 7. The Bertz CT molecular complexity index is 1320. The molecule has 0 atom stereocenters. The number of halogens is 5. The minimum atomic E-state index is -4.62. The molecule has 1 heterocycles. The molecule has 3 rings (SSSR count). The summed E-state index contributed by atoms with van der Waals surface area (Å²) in [5.41, 5.74) is -1.29. The molecule has 3 aromatic rings. The molecule has 1 aromatic heterocycles. The van der Waals surface area contributed by atoms with Crippen LogP contribution in [0.2, 0.25) is 10.0 Å². The molecule has 0 spiro atoms. The highest BCUT2D eigenvalue weighted by molar-refractivity contribution is 6.35. The van der Waals surface area contributed by atoms with Crippen LogP contribution < -0.4 is 0 Å². The van der Waals surface area contributed by atoms with Gasteiger partial charge >= 0.3 is 12.1 Å². The molecule has 1 N–H and O–H groups in total. The number of ether oxygens (including phenoxy) is 1. The van der Waals surface area contributed by atoms with Gasteiger partial charge in [-0.15, -0.1) is 0 Å². The summed E-state index contributed by atoms with van der Waals surface area (Å²) < 4.78 is 47.3. The van der Waals surface area contributed by atoms with E-state index < -0.39 is 29.1 Å². The Morgan fingerprint density at radius 2 is 1.83 bits per heavy atom. The van der Waals surface area contributed by atoms with Crippen molar-refractivity contribution in [2.24, 2.45) is 0 Å². The largest absolute Gasteiger partial charge is 0.481 e. The average molecular weight is 529 g/mol. The molecule has 0 fully saturated rings. The zero-order valence-corrected chi connectivity index (χ0v) is 20.4. The maximum Gasteiger partial charge on any atom is 0.416 e. The fourth-order valence-electron chi connectivity index (χ4n) is 3.43. The monoisotopic (exact) mass is 528 g/mol. The smallest absolute Gasteiger partial charge is 0.416 e. The van der Waals surface area contributed by atoms with E-state index in [0.29, 0.717) is 16.9 Å². The van der Waals surface area contributed by atoms with Gasteiger partial charge in [0.2, 0.25) is 5.76 Å². The first kappa shape index (κ1) is 26.6. The summed E-state index contributed by atoms with van der Waals surface area (Å²) in [5, 5.41) is 15.1. The van der Waals surface area contributed by atoms with E-state index in [1.54, 1.807) is 32.9 Å². The summed E-state index contributed by atoms with van der Waals surface area (Å²) in [6.07, 6.45) is -4.52. The van der Waals surface area contributed by atoms with Crippen LogP contribution in [-0.2, 0) is 27.0 Å². The third-order valence-corrected chi connectivity index (χ3v) is 5.45. The molecular formula is C24H21Cl2F3N2O4. The van der Waals surface area contributed by atoms with Crippen molar-refractivity contribution in [2.45, 2.75) is 45.5 Å². The Balaban J connectivity index is 2.33. The maximum atomic E-state index is 13.5. The lowest BCUT2D eigenvalue weighted by molar-refractivity contribution is -0.139. The van der Waals surface area contributed by atoms with Crippen molar-refractivity contribution in [2.75, 3.05) is 0 Å². The van der Waals surface area contributed by atoms with Crippen molar-refractivity contribution in [1.82, 2.24) is 9.78 Å². The highest BCUT2D eigenvalue weighted by atomic mass is 35.5. The summed E-state index contributed by atoms with van der Waals surface area (Å²) in [5.74, 6) is -1.95. The average Bonchev–Trinajstić information content (AvgIpc) is 3.08. The number of aldehydes is 1. The number of hydrogen-bond acceptors (Lipinski definition) is 4. The van der Waals surface area contributed by atoms with Crippen molar-refractivity contribution >= 4 is 51.9 Å². The lowest BCUT2D eigenvalue weighted by atomic mass is 10.0. The van der Waals surface area contributed by atoms with Crippen molar-refractivity contribution in [1.29, 1.82) is 0 Å². The van der Waals surface area contributed by atoms with E-state index in [-0.39, 0.29) is 40.2 Å². The number of allylic oxidation sites excluding steroid dienone is 1. The van der Waals surface area contributed by atoms with E-state index in [0.717, 1.165) is 12.1 Å². The third-order valence-electron chi connectivity index (χ3n) is 4.86. The number of aromatic nitrogens is 2. The zero-order chi connectivity index (χ0) is 26.1. The Morgan fingerprint density at radius 1 is 1.14 bits per heavy atom. The van der Waals surface area contributed by atoms with Gasteiger partial charge in [-0.25, -0.2) is 4.79 Å². The summed E-state index contributed by atoms with van der Waals surface area (Å²) >= 11 is 12.2. The van der Waals surface area contributed by atoms with Crippen molar-refractivity contribution in [3.05, 3.63) is 69.0 Å². The minimum absolute atomic E-state index is 0.0209. The summed E-state index contributed by atoms with van der Waals surface area (Å²) in [6, 6.07) is 7.66. The summed E-state index contributed by atoms with van der Waals surface area (Å²) in [4.78, 5) is 23.5. The van der Waals surface area contributed by atoms with Gasteiger partial charge in [0.05, 0.1) is 17.6 Å². The topological polar surface area (TPSA) is 81.4 Å². The summed E-state index contributed by atoms with van der Waals surface area (Å²) in [7, 11) is 0. The molecule has 2 aromatic carbocycles. The molecule has 6 nitrogen and oxygen atoms in total. The van der Waals surface area contributed by atoms with Crippen molar-refractivity contribution in [3.8, 4) is 0 Å². The fourth-order valence-corrected chi connectivity index (χ4v) is 3.89. The molecule has 0 saturated carbocycles. The van der Waals surface area contributed by atoms with Gasteiger partial charge < -0.3 is 14.6 Å². The first-order valence-electron chi connectivity index (χ1n) is 10.3. The van der Waals surface area contributed by atoms with Crippen LogP contribution in [-0.4, -0.2) is 32.7 Å². The number of aliphatic carboxylic acids is 1. The molecule has 11 heteroatoms. The second-order valence-electron chi connectivity index (χ2n) is 8.67. The third kappa shape index (κ3) is 6.15. The SMILES string of the molecule is CC(C)(C)OC(C(=O)O)=C(CC=O)c1nn(Cc2ccc(Cl)cc2Cl)c2cc(C(F)(F)F)ccc12. The van der Waals surface area contributed by atoms with Gasteiger partial charge in [0.1, 0.15) is 17.6 Å². The Morgan fingerprint density at radius 3 is 2.37 bits per heavy atom. The lowest BCUT2D eigenvalue weighted by Crippen LogP contribution is -2.23. The van der Waals surface area contributed by atoms with E-state index in [9.17, 15) is 27.9 Å². The molecule has 0 aliphatic heterocycles. The van der Waals surface area contributed by atoms with Crippen LogP contribution in [0.25, 0.3) is 16.5 Å². The second kappa shape index (κ2) is 9.91. The molecule has 0 radical (unpaired) electrons. The molecule has 0 aliphatic carbocycles. The number of carboxylic acids is 1. The summed E-state index contributed by atoms with van der Waals surface area (Å²) in [6.45, 7) is 4.85. The Hall–Kier alpha value is -3.04. The van der Waals surface area contributed by atoms with Crippen LogP contribution in [0, 0.1) is 0 Å². The van der Waals surface area contributed by atoms with E-state index >= 15 is 0 Å². The number of carbonyl (C=O) groups excluding carboxylic acids is 1. The predicted molar refractivity (Wildman–Crippen MR) is 126 cm³/mol. The first-order chi connectivity index (χ1) is 16.2. The maximum absolute atomic E-state index is 13.5. The molecule has 0 amide bonds. The highest BCUT2D eigenvalue weighted by Crippen LogP contribution is 2.36. The van der Waals surface area contributed by atoms with Gasteiger partial charge in [-0.1, -0.05) is 29.3 Å². The minimum Gasteiger partial charge on any atom is -0.481 e. The van der Waals surface area contributed by atoms with E-state index in [2.05, 4.69) is 5.10 Å². The van der Waals surface area contributed by atoms with Crippen LogP contribution >= 0.6 is 23.2 Å².